The van der Waals surface area contributed by atoms with Crippen LogP contribution in [0, 0.1) is 6.08 Å². The molecule has 1 aliphatic rings. The summed E-state index contributed by atoms with van der Waals surface area (Å²) in [5.41, 5.74) is 1.57. The first-order valence-electron chi connectivity index (χ1n) is 8.63. The summed E-state index contributed by atoms with van der Waals surface area (Å²) >= 11 is 0. The summed E-state index contributed by atoms with van der Waals surface area (Å²) in [6.07, 6.45) is 2.32. The number of ether oxygens (including phenoxy) is 2. The molecular formula is C18H18FN5O3. The van der Waals surface area contributed by atoms with E-state index in [1.807, 2.05) is 12.1 Å². The Kier molecular flexibility index (Phi) is 4.68. The predicted octanol–water partition coefficient (Wildman–Crippen LogP) is 2.81. The van der Waals surface area contributed by atoms with Gasteiger partial charge >= 0.3 is 12.0 Å². The number of imidazole rings is 1. The van der Waals surface area contributed by atoms with Crippen LogP contribution in [0.1, 0.15) is 31.6 Å². The number of hydrogen-bond acceptors (Lipinski definition) is 7. The summed E-state index contributed by atoms with van der Waals surface area (Å²) in [5, 5.41) is 3.06. The fraction of sp³-hybridized carbons (Fsp3) is 0.333. The molecular weight excluding hydrogens is 353 g/mol. The van der Waals surface area contributed by atoms with Crippen molar-refractivity contribution in [1.82, 2.24) is 19.5 Å². The monoisotopic (exact) mass is 371 g/mol. The van der Waals surface area contributed by atoms with Gasteiger partial charge < -0.3 is 14.8 Å². The molecule has 0 aliphatic carbocycles. The van der Waals surface area contributed by atoms with Gasteiger partial charge in [0, 0.05) is 25.6 Å². The first kappa shape index (κ1) is 17.3. The van der Waals surface area contributed by atoms with Crippen LogP contribution in [0.5, 0.6) is 5.75 Å². The molecule has 2 aromatic heterocycles. The Bertz CT molecular complexity index is 984. The zero-order chi connectivity index (χ0) is 18.8. The first-order valence-corrected chi connectivity index (χ1v) is 8.63. The van der Waals surface area contributed by atoms with Crippen LogP contribution in [0.25, 0.3) is 11.2 Å². The average molecular weight is 371 g/mol. The van der Waals surface area contributed by atoms with E-state index in [1.54, 1.807) is 23.0 Å². The molecule has 0 bridgehead atoms. The maximum absolute atomic E-state index is 14.0. The lowest BCUT2D eigenvalue weighted by atomic mass is 10.2. The summed E-state index contributed by atoms with van der Waals surface area (Å²) in [7, 11) is 0. The summed E-state index contributed by atoms with van der Waals surface area (Å²) in [6, 6.07) is 7.10. The number of carbonyl (C=O) groups excluding carboxylic acids is 1. The fourth-order valence-corrected chi connectivity index (χ4v) is 3.09. The Balaban J connectivity index is 1.62. The second-order valence-corrected chi connectivity index (χ2v) is 6.19. The number of fused-ring (bicyclic) bond motifs is 1. The second-order valence-electron chi connectivity index (χ2n) is 6.19. The minimum absolute atomic E-state index is 0.193. The number of rotatable bonds is 5. The second kappa shape index (κ2) is 7.28. The van der Waals surface area contributed by atoms with E-state index in [2.05, 4.69) is 20.3 Å². The molecule has 8 nitrogen and oxygen atoms in total. The van der Waals surface area contributed by atoms with Gasteiger partial charge in [0.15, 0.2) is 17.0 Å². The van der Waals surface area contributed by atoms with E-state index in [-0.39, 0.29) is 18.6 Å². The SMILES string of the molecule is CC(=O)Oc1ccccc1CNc1nc(F)nc2c1ncn2C1CCCO1. The Hall–Kier alpha value is -3.07. The highest BCUT2D eigenvalue weighted by molar-refractivity contribution is 5.82. The number of anilines is 1. The first-order chi connectivity index (χ1) is 13.1. The van der Waals surface area contributed by atoms with Crippen LogP contribution >= 0.6 is 0 Å². The molecule has 0 saturated carbocycles. The maximum Gasteiger partial charge on any atom is 0.312 e. The van der Waals surface area contributed by atoms with Crippen LogP contribution < -0.4 is 10.1 Å². The van der Waals surface area contributed by atoms with Gasteiger partial charge in [0.25, 0.3) is 0 Å². The van der Waals surface area contributed by atoms with Crippen molar-refractivity contribution in [2.24, 2.45) is 0 Å². The number of halogens is 1. The summed E-state index contributed by atoms with van der Waals surface area (Å²) in [5.74, 6) is 0.299. The van der Waals surface area contributed by atoms with E-state index in [0.29, 0.717) is 23.5 Å². The summed E-state index contributed by atoms with van der Waals surface area (Å²) in [4.78, 5) is 23.3. The van der Waals surface area contributed by atoms with Crippen LogP contribution in [0.2, 0.25) is 0 Å². The zero-order valence-electron chi connectivity index (χ0n) is 14.7. The van der Waals surface area contributed by atoms with Crippen LogP contribution in [-0.2, 0) is 16.1 Å². The van der Waals surface area contributed by atoms with Crippen molar-refractivity contribution in [3.63, 3.8) is 0 Å². The number of carbonyl (C=O) groups is 1. The van der Waals surface area contributed by atoms with E-state index < -0.39 is 12.0 Å². The molecule has 4 rings (SSSR count). The van der Waals surface area contributed by atoms with Crippen LogP contribution in [0.3, 0.4) is 0 Å². The molecule has 0 radical (unpaired) electrons. The highest BCUT2D eigenvalue weighted by Crippen LogP contribution is 2.28. The van der Waals surface area contributed by atoms with Crippen molar-refractivity contribution < 1.29 is 18.7 Å². The number of aromatic nitrogens is 4. The highest BCUT2D eigenvalue weighted by atomic mass is 19.1. The standard InChI is InChI=1S/C18H18FN5O3/c1-11(25)27-13-6-3-2-5-12(13)9-20-16-15-17(23-18(19)22-16)24(10-21-15)14-7-4-8-26-14/h2-3,5-6,10,14H,4,7-9H2,1H3,(H,20,22,23). The smallest absolute Gasteiger partial charge is 0.312 e. The van der Waals surface area contributed by atoms with Crippen molar-refractivity contribution in [2.45, 2.75) is 32.5 Å². The normalized spacial score (nSPS) is 16.6. The van der Waals surface area contributed by atoms with Gasteiger partial charge in [-0.05, 0) is 18.9 Å². The Morgan fingerprint density at radius 1 is 1.41 bits per heavy atom. The Morgan fingerprint density at radius 3 is 3.04 bits per heavy atom. The molecule has 0 amide bonds. The van der Waals surface area contributed by atoms with Gasteiger partial charge in [-0.2, -0.15) is 14.4 Å². The molecule has 1 fully saturated rings. The van der Waals surface area contributed by atoms with Crippen molar-refractivity contribution in [3.8, 4) is 5.75 Å². The van der Waals surface area contributed by atoms with E-state index >= 15 is 0 Å². The fourth-order valence-electron chi connectivity index (χ4n) is 3.09. The number of nitrogens with zero attached hydrogens (tertiary/aromatic N) is 4. The van der Waals surface area contributed by atoms with E-state index in [1.165, 1.54) is 6.92 Å². The Morgan fingerprint density at radius 2 is 2.26 bits per heavy atom. The average Bonchev–Trinajstić information content (AvgIpc) is 3.29. The Labute approximate surface area is 154 Å². The third-order valence-electron chi connectivity index (χ3n) is 4.28. The minimum Gasteiger partial charge on any atom is -0.426 e. The molecule has 1 N–H and O–H groups in total. The number of esters is 1. The number of nitrogens with one attached hydrogen (secondary N) is 1. The largest absolute Gasteiger partial charge is 0.426 e. The lowest BCUT2D eigenvalue weighted by molar-refractivity contribution is -0.131. The number of benzene rings is 1. The lowest BCUT2D eigenvalue weighted by Crippen LogP contribution is -2.10. The van der Waals surface area contributed by atoms with Crippen LogP contribution in [0.4, 0.5) is 10.2 Å². The van der Waals surface area contributed by atoms with Crippen molar-refractivity contribution in [1.29, 1.82) is 0 Å². The van der Waals surface area contributed by atoms with E-state index in [4.69, 9.17) is 9.47 Å². The summed E-state index contributed by atoms with van der Waals surface area (Å²) in [6.45, 7) is 2.28. The zero-order valence-corrected chi connectivity index (χ0v) is 14.7. The third-order valence-corrected chi connectivity index (χ3v) is 4.28. The van der Waals surface area contributed by atoms with Gasteiger partial charge in [-0.1, -0.05) is 18.2 Å². The lowest BCUT2D eigenvalue weighted by Gasteiger charge is -2.12. The molecule has 1 unspecified atom stereocenters. The third kappa shape index (κ3) is 3.59. The molecule has 9 heteroatoms. The summed E-state index contributed by atoms with van der Waals surface area (Å²) < 4.78 is 26.6. The van der Waals surface area contributed by atoms with Crippen molar-refractivity contribution in [2.75, 3.05) is 11.9 Å². The van der Waals surface area contributed by atoms with Crippen molar-refractivity contribution in [3.05, 3.63) is 42.2 Å². The number of para-hydroxylation sites is 1. The van der Waals surface area contributed by atoms with Crippen molar-refractivity contribution >= 4 is 23.0 Å². The van der Waals surface area contributed by atoms with Crippen LogP contribution in [-0.4, -0.2) is 32.1 Å². The van der Waals surface area contributed by atoms with E-state index in [9.17, 15) is 9.18 Å². The van der Waals surface area contributed by atoms with Gasteiger partial charge in [0.05, 0.1) is 6.33 Å². The van der Waals surface area contributed by atoms with Crippen LogP contribution in [0.15, 0.2) is 30.6 Å². The predicted molar refractivity (Wildman–Crippen MR) is 94.6 cm³/mol. The van der Waals surface area contributed by atoms with E-state index in [0.717, 1.165) is 18.4 Å². The highest BCUT2D eigenvalue weighted by Gasteiger charge is 2.22. The molecule has 140 valence electrons. The molecule has 3 heterocycles. The molecule has 1 aliphatic heterocycles. The molecule has 1 aromatic carbocycles. The molecule has 1 saturated heterocycles. The molecule has 27 heavy (non-hydrogen) atoms. The number of hydrogen-bond donors (Lipinski definition) is 1. The molecule has 0 spiro atoms. The van der Waals surface area contributed by atoms with Gasteiger partial charge in [0.1, 0.15) is 12.0 Å². The minimum atomic E-state index is -0.849. The van der Waals surface area contributed by atoms with Gasteiger partial charge in [-0.15, -0.1) is 0 Å². The van der Waals surface area contributed by atoms with Gasteiger partial charge in [-0.25, -0.2) is 4.98 Å². The molecule has 3 aromatic rings. The topological polar surface area (TPSA) is 91.2 Å². The quantitative estimate of drug-likeness (QED) is 0.419. The van der Waals surface area contributed by atoms with Gasteiger partial charge in [0.2, 0.25) is 0 Å². The maximum atomic E-state index is 14.0. The van der Waals surface area contributed by atoms with Gasteiger partial charge in [-0.3, -0.25) is 9.36 Å². The molecule has 1 atom stereocenters.